The van der Waals surface area contributed by atoms with Gasteiger partial charge >= 0.3 is 5.97 Å². The number of carboxylic acid groups (broad SMARTS) is 1. The number of amides is 1. The fourth-order valence-electron chi connectivity index (χ4n) is 2.82. The van der Waals surface area contributed by atoms with Crippen LogP contribution in [0.25, 0.3) is 16.8 Å². The molecule has 0 fully saturated rings. The van der Waals surface area contributed by atoms with Crippen molar-refractivity contribution >= 4 is 34.4 Å². The van der Waals surface area contributed by atoms with Crippen LogP contribution < -0.4 is 10.1 Å². The van der Waals surface area contributed by atoms with Gasteiger partial charge in [-0.2, -0.15) is 0 Å². The summed E-state index contributed by atoms with van der Waals surface area (Å²) < 4.78 is 20.0. The highest BCUT2D eigenvalue weighted by Gasteiger charge is 2.14. The molecule has 0 saturated heterocycles. The Hall–Kier alpha value is -3.67. The molecule has 0 heterocycles. The van der Waals surface area contributed by atoms with Gasteiger partial charge in [0, 0.05) is 16.5 Å². The second-order valence-electron chi connectivity index (χ2n) is 6.19. The van der Waals surface area contributed by atoms with Gasteiger partial charge in [-0.05, 0) is 48.7 Å². The smallest absolute Gasteiger partial charge is 0.337 e. The number of methoxy groups -OCH3 is 1. The number of hydrogen-bond acceptors (Lipinski definition) is 3. The minimum absolute atomic E-state index is 0.0190. The Morgan fingerprint density at radius 2 is 1.86 bits per heavy atom. The summed E-state index contributed by atoms with van der Waals surface area (Å²) in [6.07, 6.45) is 1.43. The number of anilines is 1. The molecule has 0 aliphatic rings. The molecule has 0 atom stereocenters. The highest BCUT2D eigenvalue weighted by atomic mass is 19.1. The Morgan fingerprint density at radius 3 is 2.57 bits per heavy atom. The lowest BCUT2D eigenvalue weighted by atomic mass is 10.0. The maximum atomic E-state index is 14.8. The zero-order valence-electron chi connectivity index (χ0n) is 15.3. The molecule has 0 aliphatic heterocycles. The molecule has 3 rings (SSSR count). The van der Waals surface area contributed by atoms with Crippen LogP contribution in [0.3, 0.4) is 0 Å². The predicted molar refractivity (Wildman–Crippen MR) is 106 cm³/mol. The quantitative estimate of drug-likeness (QED) is 0.629. The number of carbonyl (C=O) groups excluding carboxylic acids is 1. The van der Waals surface area contributed by atoms with Crippen LogP contribution in [0.1, 0.15) is 22.8 Å². The predicted octanol–water partition coefficient (Wildman–Crippen LogP) is 4.73. The zero-order valence-corrected chi connectivity index (χ0v) is 15.3. The van der Waals surface area contributed by atoms with Crippen molar-refractivity contribution in [1.82, 2.24) is 0 Å². The van der Waals surface area contributed by atoms with Gasteiger partial charge in [0.2, 0.25) is 0 Å². The van der Waals surface area contributed by atoms with E-state index < -0.39 is 17.7 Å². The molecule has 0 radical (unpaired) electrons. The molecule has 28 heavy (non-hydrogen) atoms. The minimum Gasteiger partial charge on any atom is -0.497 e. The summed E-state index contributed by atoms with van der Waals surface area (Å²) in [6, 6.07) is 14.4. The van der Waals surface area contributed by atoms with E-state index in [-0.39, 0.29) is 22.4 Å². The van der Waals surface area contributed by atoms with E-state index in [1.54, 1.807) is 49.6 Å². The normalized spacial score (nSPS) is 11.3. The lowest BCUT2D eigenvalue weighted by molar-refractivity contribution is -0.112. The summed E-state index contributed by atoms with van der Waals surface area (Å²) in [6.45, 7) is 1.54. The Kier molecular flexibility index (Phi) is 5.40. The highest BCUT2D eigenvalue weighted by Crippen LogP contribution is 2.26. The van der Waals surface area contributed by atoms with Crippen LogP contribution in [0.5, 0.6) is 5.75 Å². The average molecular weight is 379 g/mol. The molecule has 3 aromatic carbocycles. The number of hydrogen-bond donors (Lipinski definition) is 2. The first-order chi connectivity index (χ1) is 13.4. The molecule has 0 unspecified atom stereocenters. The Morgan fingerprint density at radius 1 is 1.11 bits per heavy atom. The summed E-state index contributed by atoms with van der Waals surface area (Å²) in [5, 5.41) is 12.9. The van der Waals surface area contributed by atoms with Crippen molar-refractivity contribution < 1.29 is 23.8 Å². The third-order valence-electron chi connectivity index (χ3n) is 4.33. The van der Waals surface area contributed by atoms with Crippen molar-refractivity contribution in [3.8, 4) is 5.75 Å². The van der Waals surface area contributed by atoms with E-state index in [1.165, 1.54) is 25.1 Å². The number of rotatable bonds is 5. The first-order valence-corrected chi connectivity index (χ1v) is 8.49. The van der Waals surface area contributed by atoms with E-state index in [4.69, 9.17) is 4.74 Å². The van der Waals surface area contributed by atoms with Crippen LogP contribution in [0.2, 0.25) is 0 Å². The largest absolute Gasteiger partial charge is 0.497 e. The fraction of sp³-hybridized carbons (Fsp3) is 0.0909. The summed E-state index contributed by atoms with van der Waals surface area (Å²) in [4.78, 5) is 23.7. The number of fused-ring (bicyclic) bond motifs is 1. The van der Waals surface area contributed by atoms with Crippen molar-refractivity contribution in [1.29, 1.82) is 0 Å². The van der Waals surface area contributed by atoms with E-state index in [1.807, 2.05) is 0 Å². The third kappa shape index (κ3) is 3.86. The van der Waals surface area contributed by atoms with Gasteiger partial charge in [0.15, 0.2) is 0 Å². The number of aromatic carboxylic acids is 1. The number of halogens is 1. The first kappa shape index (κ1) is 19.1. The van der Waals surface area contributed by atoms with Crippen LogP contribution >= 0.6 is 0 Å². The van der Waals surface area contributed by atoms with E-state index >= 15 is 0 Å². The lowest BCUT2D eigenvalue weighted by Crippen LogP contribution is -2.15. The minimum atomic E-state index is -1.14. The number of nitrogens with one attached hydrogen (secondary N) is 1. The maximum Gasteiger partial charge on any atom is 0.337 e. The van der Waals surface area contributed by atoms with Crippen molar-refractivity contribution in [3.63, 3.8) is 0 Å². The van der Waals surface area contributed by atoms with Crippen LogP contribution in [0.15, 0.2) is 60.2 Å². The van der Waals surface area contributed by atoms with Gasteiger partial charge in [-0.1, -0.05) is 24.3 Å². The van der Waals surface area contributed by atoms with Crippen molar-refractivity contribution in [2.24, 2.45) is 0 Å². The second kappa shape index (κ2) is 7.92. The van der Waals surface area contributed by atoms with Gasteiger partial charge in [0.05, 0.1) is 18.4 Å². The summed E-state index contributed by atoms with van der Waals surface area (Å²) in [7, 11) is 1.54. The molecule has 0 bridgehead atoms. The van der Waals surface area contributed by atoms with E-state index in [2.05, 4.69) is 5.32 Å². The van der Waals surface area contributed by atoms with Gasteiger partial charge in [0.25, 0.3) is 5.91 Å². The van der Waals surface area contributed by atoms with Crippen molar-refractivity contribution in [3.05, 3.63) is 77.1 Å². The third-order valence-corrected chi connectivity index (χ3v) is 4.33. The topological polar surface area (TPSA) is 75.6 Å². The van der Waals surface area contributed by atoms with E-state index in [9.17, 15) is 19.1 Å². The van der Waals surface area contributed by atoms with Crippen molar-refractivity contribution in [2.45, 2.75) is 6.92 Å². The van der Waals surface area contributed by atoms with E-state index in [0.29, 0.717) is 16.5 Å². The number of carbonyl (C=O) groups is 2. The summed E-state index contributed by atoms with van der Waals surface area (Å²) in [5.41, 5.74) is 0.664. The number of para-hydroxylation sites is 1. The van der Waals surface area contributed by atoms with Gasteiger partial charge < -0.3 is 15.2 Å². The second-order valence-corrected chi connectivity index (χ2v) is 6.19. The SMILES string of the molecule is COc1ccc2c(F)c(/C=C(\C)C(=O)Nc3ccccc3C(=O)O)ccc2c1. The van der Waals surface area contributed by atoms with Gasteiger partial charge in [-0.3, -0.25) is 4.79 Å². The number of ether oxygens (including phenoxy) is 1. The fourth-order valence-corrected chi connectivity index (χ4v) is 2.82. The molecule has 3 aromatic rings. The summed E-state index contributed by atoms with van der Waals surface area (Å²) in [5.74, 6) is -1.47. The molecule has 0 saturated carbocycles. The number of benzene rings is 3. The molecule has 0 aliphatic carbocycles. The Labute approximate surface area is 161 Å². The molecule has 1 amide bonds. The molecule has 6 heteroatoms. The Bertz CT molecular complexity index is 1100. The molecule has 0 spiro atoms. The van der Waals surface area contributed by atoms with Crippen LogP contribution in [-0.2, 0) is 4.79 Å². The first-order valence-electron chi connectivity index (χ1n) is 8.49. The number of carboxylic acids is 1. The van der Waals surface area contributed by atoms with Gasteiger partial charge in [0.1, 0.15) is 11.6 Å². The average Bonchev–Trinajstić information content (AvgIpc) is 2.69. The standard InChI is InChI=1S/C22H18FNO4/c1-13(21(25)24-19-6-4-3-5-18(19)22(26)27)11-15-8-7-14-12-16(28-2)9-10-17(14)20(15)23/h3-12H,1-2H3,(H,24,25)(H,26,27)/b13-11+. The molecular weight excluding hydrogens is 361 g/mol. The molecule has 0 aromatic heterocycles. The van der Waals surface area contributed by atoms with Gasteiger partial charge in [-0.25, -0.2) is 9.18 Å². The Balaban J connectivity index is 1.90. The van der Waals surface area contributed by atoms with Crippen molar-refractivity contribution in [2.75, 3.05) is 12.4 Å². The van der Waals surface area contributed by atoms with E-state index in [0.717, 1.165) is 0 Å². The van der Waals surface area contributed by atoms with Gasteiger partial charge in [-0.15, -0.1) is 0 Å². The summed E-state index contributed by atoms with van der Waals surface area (Å²) >= 11 is 0. The van der Waals surface area contributed by atoms with Crippen LogP contribution in [0, 0.1) is 5.82 Å². The molecule has 142 valence electrons. The lowest BCUT2D eigenvalue weighted by Gasteiger charge is -2.09. The zero-order chi connectivity index (χ0) is 20.3. The monoisotopic (exact) mass is 379 g/mol. The highest BCUT2D eigenvalue weighted by molar-refractivity contribution is 6.09. The molecule has 2 N–H and O–H groups in total. The van der Waals surface area contributed by atoms with Crippen LogP contribution in [-0.4, -0.2) is 24.1 Å². The molecule has 5 nitrogen and oxygen atoms in total. The van der Waals surface area contributed by atoms with Crippen LogP contribution in [0.4, 0.5) is 10.1 Å². The maximum absolute atomic E-state index is 14.8. The molecular formula is C22H18FNO4.